The summed E-state index contributed by atoms with van der Waals surface area (Å²) in [6.07, 6.45) is 4.49. The second-order valence-corrected chi connectivity index (χ2v) is 7.38. The zero-order valence-corrected chi connectivity index (χ0v) is 14.7. The SMILES string of the molecule is Cc1cc(C)c([N+](=O)[O-])cc1NC(=O)N1CC[C@@]2(O)CCCC[C@H]2C1. The number of carbonyl (C=O) groups excluding carboxylic acids is 1. The van der Waals surface area contributed by atoms with Gasteiger partial charge in [-0.3, -0.25) is 10.1 Å². The van der Waals surface area contributed by atoms with Crippen LogP contribution in [-0.2, 0) is 0 Å². The topological polar surface area (TPSA) is 95.7 Å². The molecule has 0 unspecified atom stereocenters. The van der Waals surface area contributed by atoms with E-state index in [2.05, 4.69) is 5.32 Å². The lowest BCUT2D eigenvalue weighted by molar-refractivity contribution is -0.385. The van der Waals surface area contributed by atoms with Crippen LogP contribution >= 0.6 is 0 Å². The summed E-state index contributed by atoms with van der Waals surface area (Å²) in [4.78, 5) is 25.0. The van der Waals surface area contributed by atoms with E-state index in [0.29, 0.717) is 30.8 Å². The number of hydrogen-bond donors (Lipinski definition) is 2. The summed E-state index contributed by atoms with van der Waals surface area (Å²) >= 11 is 0. The summed E-state index contributed by atoms with van der Waals surface area (Å²) in [6, 6.07) is 2.88. The maximum atomic E-state index is 12.6. The van der Waals surface area contributed by atoms with Gasteiger partial charge in [0.05, 0.1) is 16.2 Å². The molecule has 1 heterocycles. The van der Waals surface area contributed by atoms with Crippen LogP contribution in [0.5, 0.6) is 0 Å². The van der Waals surface area contributed by atoms with Gasteiger partial charge in [0.2, 0.25) is 0 Å². The number of fused-ring (bicyclic) bond motifs is 1. The van der Waals surface area contributed by atoms with Crippen molar-refractivity contribution in [2.24, 2.45) is 5.92 Å². The van der Waals surface area contributed by atoms with E-state index in [0.717, 1.165) is 31.2 Å². The number of hydrogen-bond acceptors (Lipinski definition) is 4. The van der Waals surface area contributed by atoms with E-state index in [1.54, 1.807) is 17.9 Å². The van der Waals surface area contributed by atoms with Gasteiger partial charge in [0, 0.05) is 30.6 Å². The Morgan fingerprint density at radius 1 is 1.32 bits per heavy atom. The van der Waals surface area contributed by atoms with Gasteiger partial charge in [-0.15, -0.1) is 0 Å². The van der Waals surface area contributed by atoms with Crippen molar-refractivity contribution in [3.8, 4) is 0 Å². The quantitative estimate of drug-likeness (QED) is 0.633. The maximum absolute atomic E-state index is 12.6. The van der Waals surface area contributed by atoms with Crippen LogP contribution in [0.25, 0.3) is 0 Å². The Kier molecular flexibility index (Phi) is 4.69. The molecule has 1 aromatic carbocycles. The molecule has 0 spiro atoms. The number of carbonyl (C=O) groups is 1. The molecule has 1 saturated carbocycles. The molecule has 7 heteroatoms. The van der Waals surface area contributed by atoms with E-state index in [1.165, 1.54) is 6.07 Å². The number of rotatable bonds is 2. The first-order valence-electron chi connectivity index (χ1n) is 8.84. The molecular weight excluding hydrogens is 322 g/mol. The fourth-order valence-electron chi connectivity index (χ4n) is 4.12. The average molecular weight is 347 g/mol. The summed E-state index contributed by atoms with van der Waals surface area (Å²) in [6.45, 7) is 4.55. The van der Waals surface area contributed by atoms with E-state index < -0.39 is 10.5 Å². The van der Waals surface area contributed by atoms with Crippen LogP contribution in [0.2, 0.25) is 0 Å². The Labute approximate surface area is 147 Å². The largest absolute Gasteiger partial charge is 0.389 e. The predicted octanol–water partition coefficient (Wildman–Crippen LogP) is 3.37. The van der Waals surface area contributed by atoms with Gasteiger partial charge < -0.3 is 15.3 Å². The molecule has 2 atom stereocenters. The van der Waals surface area contributed by atoms with Gasteiger partial charge in [0.25, 0.3) is 5.69 Å². The van der Waals surface area contributed by atoms with Crippen molar-refractivity contribution >= 4 is 17.4 Å². The van der Waals surface area contributed by atoms with Crippen LogP contribution < -0.4 is 5.32 Å². The number of aryl methyl sites for hydroxylation is 2. The number of nitrogens with one attached hydrogen (secondary N) is 1. The number of piperidine rings is 1. The fourth-order valence-corrected chi connectivity index (χ4v) is 4.12. The third-order valence-corrected chi connectivity index (χ3v) is 5.70. The highest BCUT2D eigenvalue weighted by Crippen LogP contribution is 2.40. The summed E-state index contributed by atoms with van der Waals surface area (Å²) in [5, 5.41) is 24.7. The van der Waals surface area contributed by atoms with Gasteiger partial charge in [-0.25, -0.2) is 4.79 Å². The molecule has 1 aromatic rings. The molecule has 2 aliphatic rings. The summed E-state index contributed by atoms with van der Waals surface area (Å²) in [7, 11) is 0. The van der Waals surface area contributed by atoms with Crippen molar-refractivity contribution in [2.45, 2.75) is 51.6 Å². The number of amides is 2. The lowest BCUT2D eigenvalue weighted by atomic mass is 9.71. The van der Waals surface area contributed by atoms with E-state index in [9.17, 15) is 20.0 Å². The Morgan fingerprint density at radius 2 is 2.08 bits per heavy atom. The van der Waals surface area contributed by atoms with Crippen LogP contribution in [0.3, 0.4) is 0 Å². The van der Waals surface area contributed by atoms with Crippen LogP contribution in [-0.4, -0.2) is 39.7 Å². The van der Waals surface area contributed by atoms with Crippen molar-refractivity contribution in [1.82, 2.24) is 4.90 Å². The maximum Gasteiger partial charge on any atom is 0.321 e. The average Bonchev–Trinajstić information content (AvgIpc) is 2.56. The summed E-state index contributed by atoms with van der Waals surface area (Å²) in [5.41, 5.74) is 1.20. The first kappa shape index (κ1) is 17.7. The van der Waals surface area contributed by atoms with Crippen molar-refractivity contribution in [2.75, 3.05) is 18.4 Å². The van der Waals surface area contributed by atoms with Crippen molar-refractivity contribution < 1.29 is 14.8 Å². The van der Waals surface area contributed by atoms with Gasteiger partial charge in [-0.05, 0) is 44.7 Å². The van der Waals surface area contributed by atoms with E-state index >= 15 is 0 Å². The fraction of sp³-hybridized carbons (Fsp3) is 0.611. The third-order valence-electron chi connectivity index (χ3n) is 5.70. The molecule has 0 aromatic heterocycles. The summed E-state index contributed by atoms with van der Waals surface area (Å²) in [5.74, 6) is 0.120. The number of nitrogens with zero attached hydrogens (tertiary/aromatic N) is 2. The van der Waals surface area contributed by atoms with Gasteiger partial charge in [0.1, 0.15) is 0 Å². The van der Waals surface area contributed by atoms with Gasteiger partial charge in [-0.1, -0.05) is 12.8 Å². The highest BCUT2D eigenvalue weighted by atomic mass is 16.6. The molecule has 1 saturated heterocycles. The minimum atomic E-state index is -0.631. The van der Waals surface area contributed by atoms with E-state index in [-0.39, 0.29) is 17.6 Å². The Hall–Kier alpha value is -2.15. The zero-order chi connectivity index (χ0) is 18.2. The van der Waals surface area contributed by atoms with Crippen molar-refractivity contribution in [3.63, 3.8) is 0 Å². The third kappa shape index (κ3) is 3.46. The van der Waals surface area contributed by atoms with Crippen molar-refractivity contribution in [3.05, 3.63) is 33.4 Å². The van der Waals surface area contributed by atoms with Gasteiger partial charge in [0.15, 0.2) is 0 Å². The van der Waals surface area contributed by atoms with Gasteiger partial charge in [-0.2, -0.15) is 0 Å². The standard InChI is InChI=1S/C18H25N3O4/c1-12-9-13(2)16(21(24)25)10-15(12)19-17(22)20-8-7-18(23)6-4-3-5-14(18)11-20/h9-10,14,23H,3-8,11H2,1-2H3,(H,19,22)/t14-,18-/m0/s1. The first-order chi connectivity index (χ1) is 11.8. The minimum Gasteiger partial charge on any atom is -0.389 e. The highest BCUT2D eigenvalue weighted by molar-refractivity contribution is 5.90. The number of aliphatic hydroxyl groups is 1. The molecule has 1 aliphatic heterocycles. The second-order valence-electron chi connectivity index (χ2n) is 7.38. The molecule has 2 amide bonds. The molecule has 2 fully saturated rings. The smallest absolute Gasteiger partial charge is 0.321 e. The van der Waals surface area contributed by atoms with Gasteiger partial charge >= 0.3 is 6.03 Å². The molecule has 2 N–H and O–H groups in total. The number of nitro benzene ring substituents is 1. The molecule has 7 nitrogen and oxygen atoms in total. The molecule has 0 bridgehead atoms. The van der Waals surface area contributed by atoms with Crippen LogP contribution in [0.4, 0.5) is 16.2 Å². The van der Waals surface area contributed by atoms with E-state index in [4.69, 9.17) is 0 Å². The minimum absolute atomic E-state index is 0.00111. The lowest BCUT2D eigenvalue weighted by Crippen LogP contribution is -2.55. The number of urea groups is 1. The normalized spacial score (nSPS) is 26.0. The lowest BCUT2D eigenvalue weighted by Gasteiger charge is -2.47. The number of benzene rings is 1. The number of nitro groups is 1. The zero-order valence-electron chi connectivity index (χ0n) is 14.7. The summed E-state index contributed by atoms with van der Waals surface area (Å²) < 4.78 is 0. The molecule has 0 radical (unpaired) electrons. The Bertz CT molecular complexity index is 706. The molecule has 1 aliphatic carbocycles. The van der Waals surface area contributed by atoms with Crippen LogP contribution in [0.1, 0.15) is 43.2 Å². The number of likely N-dealkylation sites (tertiary alicyclic amines) is 1. The molecule has 25 heavy (non-hydrogen) atoms. The predicted molar refractivity (Wildman–Crippen MR) is 94.7 cm³/mol. The molecule has 136 valence electrons. The second kappa shape index (κ2) is 6.63. The first-order valence-corrected chi connectivity index (χ1v) is 8.84. The monoisotopic (exact) mass is 347 g/mol. The highest BCUT2D eigenvalue weighted by Gasteiger charge is 2.43. The van der Waals surface area contributed by atoms with Crippen LogP contribution in [0.15, 0.2) is 12.1 Å². The van der Waals surface area contributed by atoms with Crippen molar-refractivity contribution in [1.29, 1.82) is 0 Å². The Morgan fingerprint density at radius 3 is 2.80 bits per heavy atom. The van der Waals surface area contributed by atoms with E-state index in [1.807, 2.05) is 6.92 Å². The van der Waals surface area contributed by atoms with Crippen LogP contribution in [0, 0.1) is 29.9 Å². The number of anilines is 1. The molecular formula is C18H25N3O4. The Balaban J connectivity index is 1.73. The molecule has 3 rings (SSSR count).